The second-order valence-corrected chi connectivity index (χ2v) is 4.59. The number of aliphatic carboxylic acids is 1. The first-order chi connectivity index (χ1) is 7.00. The Labute approximate surface area is 90.3 Å². The number of rotatable bonds is 3. The van der Waals surface area contributed by atoms with Crippen LogP contribution in [-0.4, -0.2) is 35.0 Å². The number of hydrogen-bond acceptors (Lipinski definition) is 2. The van der Waals surface area contributed by atoms with Gasteiger partial charge in [-0.1, -0.05) is 13.8 Å². The normalized spacial score (nSPS) is 18.2. The Morgan fingerprint density at radius 3 is 2.27 bits per heavy atom. The maximum Gasteiger partial charge on any atom is 0.306 e. The molecule has 0 saturated carbocycles. The highest BCUT2D eigenvalue weighted by molar-refractivity contribution is 5.77. The van der Waals surface area contributed by atoms with Crippen molar-refractivity contribution < 1.29 is 14.7 Å². The van der Waals surface area contributed by atoms with Crippen LogP contribution >= 0.6 is 0 Å². The molecule has 0 aromatic heterocycles. The van der Waals surface area contributed by atoms with Crippen molar-refractivity contribution in [3.05, 3.63) is 0 Å². The minimum atomic E-state index is -0.731. The maximum absolute atomic E-state index is 11.7. The summed E-state index contributed by atoms with van der Waals surface area (Å²) in [6.45, 7) is 5.23. The number of likely N-dealkylation sites (tertiary alicyclic amines) is 1. The fraction of sp³-hybridized carbons (Fsp3) is 0.818. The van der Waals surface area contributed by atoms with Crippen LogP contribution < -0.4 is 0 Å². The summed E-state index contributed by atoms with van der Waals surface area (Å²) >= 11 is 0. The van der Waals surface area contributed by atoms with E-state index >= 15 is 0 Å². The molecule has 1 amide bonds. The molecule has 0 atom stereocenters. The Morgan fingerprint density at radius 2 is 1.87 bits per heavy atom. The van der Waals surface area contributed by atoms with Gasteiger partial charge in [0, 0.05) is 19.5 Å². The fourth-order valence-corrected chi connectivity index (χ4v) is 1.85. The summed E-state index contributed by atoms with van der Waals surface area (Å²) in [6, 6.07) is 0. The smallest absolute Gasteiger partial charge is 0.306 e. The van der Waals surface area contributed by atoms with Crippen molar-refractivity contribution in [3.8, 4) is 0 Å². The van der Waals surface area contributed by atoms with E-state index in [1.165, 1.54) is 0 Å². The molecule has 1 heterocycles. The molecule has 0 spiro atoms. The van der Waals surface area contributed by atoms with Crippen LogP contribution in [0.5, 0.6) is 0 Å². The fourth-order valence-electron chi connectivity index (χ4n) is 1.85. The van der Waals surface area contributed by atoms with Gasteiger partial charge >= 0.3 is 5.97 Å². The molecule has 4 nitrogen and oxygen atoms in total. The monoisotopic (exact) mass is 213 g/mol. The predicted molar refractivity (Wildman–Crippen MR) is 56.4 cm³/mol. The van der Waals surface area contributed by atoms with Crippen LogP contribution in [0.4, 0.5) is 0 Å². The zero-order valence-electron chi connectivity index (χ0n) is 9.40. The molecule has 0 radical (unpaired) electrons. The second kappa shape index (κ2) is 5.14. The van der Waals surface area contributed by atoms with Crippen LogP contribution in [0.2, 0.25) is 0 Å². The molecule has 0 unspecified atom stereocenters. The van der Waals surface area contributed by atoms with E-state index in [1.54, 1.807) is 4.90 Å². The van der Waals surface area contributed by atoms with E-state index in [0.717, 1.165) is 0 Å². The van der Waals surface area contributed by atoms with E-state index in [1.807, 2.05) is 13.8 Å². The molecule has 0 aliphatic carbocycles. The minimum Gasteiger partial charge on any atom is -0.481 e. The maximum atomic E-state index is 11.7. The summed E-state index contributed by atoms with van der Waals surface area (Å²) in [5, 5.41) is 8.81. The molecule has 1 aliphatic rings. The lowest BCUT2D eigenvalue weighted by atomic mass is 9.96. The van der Waals surface area contributed by atoms with Gasteiger partial charge in [0.25, 0.3) is 0 Å². The number of hydrogen-bond donors (Lipinski definition) is 1. The highest BCUT2D eigenvalue weighted by atomic mass is 16.4. The standard InChI is InChI=1S/C11H19NO3/c1-8(2)7-10(13)12-5-3-9(4-6-12)11(14)15/h8-9H,3-7H2,1-2H3,(H,14,15). The largest absolute Gasteiger partial charge is 0.481 e. The lowest BCUT2D eigenvalue weighted by Gasteiger charge is -2.30. The third-order valence-electron chi connectivity index (χ3n) is 2.78. The second-order valence-electron chi connectivity index (χ2n) is 4.59. The van der Waals surface area contributed by atoms with Crippen molar-refractivity contribution in [1.82, 2.24) is 4.90 Å². The minimum absolute atomic E-state index is 0.161. The summed E-state index contributed by atoms with van der Waals surface area (Å²) in [5.74, 6) is -0.456. The molecule has 0 aromatic carbocycles. The third-order valence-corrected chi connectivity index (χ3v) is 2.78. The molecule has 4 heteroatoms. The van der Waals surface area contributed by atoms with Crippen molar-refractivity contribution in [2.75, 3.05) is 13.1 Å². The van der Waals surface area contributed by atoms with Gasteiger partial charge < -0.3 is 10.0 Å². The van der Waals surface area contributed by atoms with Gasteiger partial charge in [-0.2, -0.15) is 0 Å². The van der Waals surface area contributed by atoms with Crippen molar-refractivity contribution in [2.45, 2.75) is 33.1 Å². The summed E-state index contributed by atoms with van der Waals surface area (Å²) in [7, 11) is 0. The van der Waals surface area contributed by atoms with Crippen LogP contribution in [0.25, 0.3) is 0 Å². The van der Waals surface area contributed by atoms with Crippen LogP contribution in [0.3, 0.4) is 0 Å². The number of carboxylic acids is 1. The van der Waals surface area contributed by atoms with Crippen LogP contribution in [-0.2, 0) is 9.59 Å². The number of piperidine rings is 1. The molecule has 1 aliphatic heterocycles. The van der Waals surface area contributed by atoms with Crippen molar-refractivity contribution >= 4 is 11.9 Å². The van der Waals surface area contributed by atoms with Crippen molar-refractivity contribution in [3.63, 3.8) is 0 Å². The van der Waals surface area contributed by atoms with E-state index in [2.05, 4.69) is 0 Å². The number of carbonyl (C=O) groups excluding carboxylic acids is 1. The number of carboxylic acid groups (broad SMARTS) is 1. The third kappa shape index (κ3) is 3.53. The molecule has 1 rings (SSSR count). The average molecular weight is 213 g/mol. The molecule has 0 aromatic rings. The van der Waals surface area contributed by atoms with Gasteiger partial charge in [0.15, 0.2) is 0 Å². The molecule has 1 saturated heterocycles. The Morgan fingerprint density at radius 1 is 1.33 bits per heavy atom. The van der Waals surface area contributed by atoms with E-state index in [4.69, 9.17) is 5.11 Å². The topological polar surface area (TPSA) is 57.6 Å². The van der Waals surface area contributed by atoms with E-state index in [9.17, 15) is 9.59 Å². The van der Waals surface area contributed by atoms with Crippen LogP contribution in [0, 0.1) is 11.8 Å². The van der Waals surface area contributed by atoms with Gasteiger partial charge in [-0.25, -0.2) is 0 Å². The summed E-state index contributed by atoms with van der Waals surface area (Å²) in [5.41, 5.74) is 0. The van der Waals surface area contributed by atoms with Gasteiger partial charge in [0.2, 0.25) is 5.91 Å². The molecule has 1 fully saturated rings. The highest BCUT2D eigenvalue weighted by Crippen LogP contribution is 2.18. The molecule has 0 bridgehead atoms. The van der Waals surface area contributed by atoms with Crippen molar-refractivity contribution in [2.24, 2.45) is 11.8 Å². The summed E-state index contributed by atoms with van der Waals surface area (Å²) in [4.78, 5) is 24.2. The van der Waals surface area contributed by atoms with E-state index in [0.29, 0.717) is 38.3 Å². The quantitative estimate of drug-likeness (QED) is 0.770. The number of nitrogens with zero attached hydrogens (tertiary/aromatic N) is 1. The first kappa shape index (κ1) is 12.0. The van der Waals surface area contributed by atoms with Gasteiger partial charge in [-0.05, 0) is 18.8 Å². The number of carbonyl (C=O) groups is 2. The lowest BCUT2D eigenvalue weighted by Crippen LogP contribution is -2.40. The first-order valence-corrected chi connectivity index (χ1v) is 5.51. The predicted octanol–water partition coefficient (Wildman–Crippen LogP) is 1.36. The summed E-state index contributed by atoms with van der Waals surface area (Å²) < 4.78 is 0. The molecular formula is C11H19NO3. The average Bonchev–Trinajstić information content (AvgIpc) is 2.17. The lowest BCUT2D eigenvalue weighted by molar-refractivity contribution is -0.145. The Kier molecular flexibility index (Phi) is 4.12. The zero-order valence-corrected chi connectivity index (χ0v) is 9.40. The van der Waals surface area contributed by atoms with Crippen LogP contribution in [0.1, 0.15) is 33.1 Å². The van der Waals surface area contributed by atoms with Crippen LogP contribution in [0.15, 0.2) is 0 Å². The Balaban J connectivity index is 2.37. The first-order valence-electron chi connectivity index (χ1n) is 5.51. The van der Waals surface area contributed by atoms with Gasteiger partial charge in [-0.3, -0.25) is 9.59 Å². The summed E-state index contributed by atoms with van der Waals surface area (Å²) in [6.07, 6.45) is 1.76. The highest BCUT2D eigenvalue weighted by Gasteiger charge is 2.26. The Bertz CT molecular complexity index is 242. The van der Waals surface area contributed by atoms with Crippen molar-refractivity contribution in [1.29, 1.82) is 0 Å². The SMILES string of the molecule is CC(C)CC(=O)N1CCC(C(=O)O)CC1. The van der Waals surface area contributed by atoms with Gasteiger partial charge in [0.05, 0.1) is 5.92 Å². The molecular weight excluding hydrogens is 194 g/mol. The van der Waals surface area contributed by atoms with E-state index in [-0.39, 0.29) is 11.8 Å². The van der Waals surface area contributed by atoms with E-state index < -0.39 is 5.97 Å². The molecule has 15 heavy (non-hydrogen) atoms. The van der Waals surface area contributed by atoms with Gasteiger partial charge in [0.1, 0.15) is 0 Å². The Hall–Kier alpha value is -1.06. The molecule has 1 N–H and O–H groups in total. The number of amides is 1. The molecule has 86 valence electrons. The van der Waals surface area contributed by atoms with Gasteiger partial charge in [-0.15, -0.1) is 0 Å². The zero-order chi connectivity index (χ0) is 11.4.